The standard InChI is InChI=1S/C11H15NO2/c1-3-8-4-6-9(7-5-8)10(12)11(13)14-2/h4-7,10H,3,12H2,1-2H3/t10-/m1/s1. The Morgan fingerprint density at radius 2 is 2.00 bits per heavy atom. The van der Waals surface area contributed by atoms with Crippen LogP contribution < -0.4 is 5.73 Å². The third-order valence-corrected chi connectivity index (χ3v) is 2.20. The number of methoxy groups -OCH3 is 1. The first-order valence-electron chi connectivity index (χ1n) is 4.61. The first-order chi connectivity index (χ1) is 6.69. The highest BCUT2D eigenvalue weighted by Crippen LogP contribution is 2.13. The fourth-order valence-electron chi connectivity index (χ4n) is 1.22. The molecule has 0 amide bonds. The molecule has 1 aromatic carbocycles. The van der Waals surface area contributed by atoms with Crippen LogP contribution in [-0.2, 0) is 16.0 Å². The summed E-state index contributed by atoms with van der Waals surface area (Å²) >= 11 is 0. The number of hydrogen-bond acceptors (Lipinski definition) is 3. The molecule has 0 bridgehead atoms. The summed E-state index contributed by atoms with van der Waals surface area (Å²) in [6.07, 6.45) is 0.980. The van der Waals surface area contributed by atoms with E-state index in [0.717, 1.165) is 12.0 Å². The largest absolute Gasteiger partial charge is 0.468 e. The summed E-state index contributed by atoms with van der Waals surface area (Å²) in [4.78, 5) is 11.1. The van der Waals surface area contributed by atoms with Gasteiger partial charge in [0.05, 0.1) is 7.11 Å². The molecule has 0 aromatic heterocycles. The molecular formula is C11H15NO2. The van der Waals surface area contributed by atoms with E-state index in [1.54, 1.807) is 0 Å². The summed E-state index contributed by atoms with van der Waals surface area (Å²) in [7, 11) is 1.34. The van der Waals surface area contributed by atoms with Crippen LogP contribution in [0.2, 0.25) is 0 Å². The lowest BCUT2D eigenvalue weighted by atomic mass is 10.0. The van der Waals surface area contributed by atoms with E-state index in [2.05, 4.69) is 11.7 Å². The topological polar surface area (TPSA) is 52.3 Å². The van der Waals surface area contributed by atoms with Gasteiger partial charge in [0.25, 0.3) is 0 Å². The normalized spacial score (nSPS) is 12.2. The molecule has 2 N–H and O–H groups in total. The Hall–Kier alpha value is -1.35. The first-order valence-corrected chi connectivity index (χ1v) is 4.61. The lowest BCUT2D eigenvalue weighted by Crippen LogP contribution is -2.22. The van der Waals surface area contributed by atoms with E-state index in [-0.39, 0.29) is 0 Å². The number of esters is 1. The van der Waals surface area contributed by atoms with Crippen molar-refractivity contribution in [1.29, 1.82) is 0 Å². The predicted octanol–water partition coefficient (Wildman–Crippen LogP) is 1.42. The SMILES string of the molecule is CCc1ccc([C@@H](N)C(=O)OC)cc1. The van der Waals surface area contributed by atoms with Gasteiger partial charge in [-0.05, 0) is 17.5 Å². The molecule has 3 heteroatoms. The number of hydrogen-bond donors (Lipinski definition) is 1. The van der Waals surface area contributed by atoms with Gasteiger partial charge in [-0.25, -0.2) is 0 Å². The fraction of sp³-hybridized carbons (Fsp3) is 0.364. The highest BCUT2D eigenvalue weighted by atomic mass is 16.5. The van der Waals surface area contributed by atoms with Crippen molar-refractivity contribution in [2.45, 2.75) is 19.4 Å². The maximum Gasteiger partial charge on any atom is 0.327 e. The van der Waals surface area contributed by atoms with Crippen molar-refractivity contribution in [1.82, 2.24) is 0 Å². The Bertz CT molecular complexity index is 306. The zero-order chi connectivity index (χ0) is 10.6. The molecule has 1 atom stereocenters. The van der Waals surface area contributed by atoms with Crippen LogP contribution in [0.25, 0.3) is 0 Å². The summed E-state index contributed by atoms with van der Waals surface area (Å²) in [6, 6.07) is 6.99. The van der Waals surface area contributed by atoms with Gasteiger partial charge in [-0.15, -0.1) is 0 Å². The molecule has 0 spiro atoms. The van der Waals surface area contributed by atoms with Gasteiger partial charge >= 0.3 is 5.97 Å². The van der Waals surface area contributed by atoms with Gasteiger partial charge in [0.1, 0.15) is 6.04 Å². The third kappa shape index (κ3) is 2.33. The molecule has 0 saturated carbocycles. The van der Waals surface area contributed by atoms with Crippen LogP contribution in [0.3, 0.4) is 0 Å². The second-order valence-corrected chi connectivity index (χ2v) is 3.10. The highest BCUT2D eigenvalue weighted by molar-refractivity contribution is 5.77. The fourth-order valence-corrected chi connectivity index (χ4v) is 1.22. The quantitative estimate of drug-likeness (QED) is 0.739. The van der Waals surface area contributed by atoms with Gasteiger partial charge in [-0.2, -0.15) is 0 Å². The predicted molar refractivity (Wildman–Crippen MR) is 54.8 cm³/mol. The minimum atomic E-state index is -0.675. The molecular weight excluding hydrogens is 178 g/mol. The molecule has 0 aliphatic rings. The van der Waals surface area contributed by atoms with E-state index in [4.69, 9.17) is 5.73 Å². The first kappa shape index (κ1) is 10.7. The number of nitrogens with two attached hydrogens (primary N) is 1. The number of aryl methyl sites for hydroxylation is 1. The summed E-state index contributed by atoms with van der Waals surface area (Å²) in [5, 5.41) is 0. The minimum absolute atomic E-state index is 0.408. The average Bonchev–Trinajstić information content (AvgIpc) is 2.27. The Balaban J connectivity index is 2.81. The van der Waals surface area contributed by atoms with E-state index in [0.29, 0.717) is 0 Å². The summed E-state index contributed by atoms with van der Waals surface area (Å²) < 4.78 is 4.56. The van der Waals surface area contributed by atoms with Crippen molar-refractivity contribution in [3.8, 4) is 0 Å². The Labute approximate surface area is 83.9 Å². The Morgan fingerprint density at radius 1 is 1.43 bits per heavy atom. The molecule has 3 nitrogen and oxygen atoms in total. The molecule has 0 aliphatic heterocycles. The van der Waals surface area contributed by atoms with Crippen molar-refractivity contribution < 1.29 is 9.53 Å². The zero-order valence-corrected chi connectivity index (χ0v) is 8.49. The molecule has 0 saturated heterocycles. The van der Waals surface area contributed by atoms with Crippen molar-refractivity contribution in [2.24, 2.45) is 5.73 Å². The second-order valence-electron chi connectivity index (χ2n) is 3.10. The maximum absolute atomic E-state index is 11.1. The van der Waals surface area contributed by atoms with Crippen molar-refractivity contribution in [2.75, 3.05) is 7.11 Å². The smallest absolute Gasteiger partial charge is 0.327 e. The Morgan fingerprint density at radius 3 is 2.43 bits per heavy atom. The monoisotopic (exact) mass is 193 g/mol. The van der Waals surface area contributed by atoms with Gasteiger partial charge in [0.15, 0.2) is 0 Å². The molecule has 14 heavy (non-hydrogen) atoms. The summed E-state index contributed by atoms with van der Waals surface area (Å²) in [5.41, 5.74) is 7.68. The van der Waals surface area contributed by atoms with Crippen LogP contribution in [0.15, 0.2) is 24.3 Å². The lowest BCUT2D eigenvalue weighted by Gasteiger charge is -2.09. The van der Waals surface area contributed by atoms with Crippen LogP contribution in [0.1, 0.15) is 24.1 Å². The van der Waals surface area contributed by atoms with Gasteiger partial charge in [-0.1, -0.05) is 31.2 Å². The van der Waals surface area contributed by atoms with Crippen LogP contribution in [0.4, 0.5) is 0 Å². The van der Waals surface area contributed by atoms with E-state index < -0.39 is 12.0 Å². The highest BCUT2D eigenvalue weighted by Gasteiger charge is 2.15. The van der Waals surface area contributed by atoms with E-state index in [9.17, 15) is 4.79 Å². The number of carbonyl (C=O) groups is 1. The Kier molecular flexibility index (Phi) is 3.65. The van der Waals surface area contributed by atoms with Crippen LogP contribution in [-0.4, -0.2) is 13.1 Å². The molecule has 1 aromatic rings. The minimum Gasteiger partial charge on any atom is -0.468 e. The summed E-state index contributed by atoms with van der Waals surface area (Å²) in [5.74, 6) is -0.408. The van der Waals surface area contributed by atoms with Crippen molar-refractivity contribution >= 4 is 5.97 Å². The molecule has 0 radical (unpaired) electrons. The second kappa shape index (κ2) is 4.77. The van der Waals surface area contributed by atoms with E-state index >= 15 is 0 Å². The average molecular weight is 193 g/mol. The van der Waals surface area contributed by atoms with Gasteiger partial charge in [0.2, 0.25) is 0 Å². The maximum atomic E-state index is 11.1. The van der Waals surface area contributed by atoms with Gasteiger partial charge in [0, 0.05) is 0 Å². The number of carbonyl (C=O) groups excluding carboxylic acids is 1. The number of ether oxygens (including phenoxy) is 1. The van der Waals surface area contributed by atoms with Crippen LogP contribution >= 0.6 is 0 Å². The van der Waals surface area contributed by atoms with Crippen LogP contribution in [0, 0.1) is 0 Å². The number of rotatable bonds is 3. The van der Waals surface area contributed by atoms with E-state index in [1.165, 1.54) is 12.7 Å². The van der Waals surface area contributed by atoms with Crippen molar-refractivity contribution in [3.05, 3.63) is 35.4 Å². The van der Waals surface area contributed by atoms with E-state index in [1.807, 2.05) is 24.3 Å². The molecule has 0 aliphatic carbocycles. The lowest BCUT2D eigenvalue weighted by molar-refractivity contribution is -0.142. The van der Waals surface area contributed by atoms with Crippen LogP contribution in [0.5, 0.6) is 0 Å². The molecule has 1 rings (SSSR count). The zero-order valence-electron chi connectivity index (χ0n) is 8.49. The molecule has 0 heterocycles. The van der Waals surface area contributed by atoms with Gasteiger partial charge in [-0.3, -0.25) is 4.79 Å². The number of benzene rings is 1. The van der Waals surface area contributed by atoms with Gasteiger partial charge < -0.3 is 10.5 Å². The third-order valence-electron chi connectivity index (χ3n) is 2.20. The summed E-state index contributed by atoms with van der Waals surface area (Å²) in [6.45, 7) is 2.08. The molecule has 0 fully saturated rings. The molecule has 0 unspecified atom stereocenters. The molecule has 76 valence electrons. The van der Waals surface area contributed by atoms with Crippen molar-refractivity contribution in [3.63, 3.8) is 0 Å².